The van der Waals surface area contributed by atoms with Crippen LogP contribution >= 0.6 is 0 Å². The van der Waals surface area contributed by atoms with Crippen LogP contribution in [0.5, 0.6) is 0 Å². The first-order chi connectivity index (χ1) is 8.88. The first kappa shape index (κ1) is 18.0. The van der Waals surface area contributed by atoms with Crippen molar-refractivity contribution in [2.75, 3.05) is 6.61 Å². The zero-order chi connectivity index (χ0) is 14.8. The van der Waals surface area contributed by atoms with Gasteiger partial charge in [0.25, 0.3) is 0 Å². The molecule has 0 bridgehead atoms. The van der Waals surface area contributed by atoms with E-state index in [0.717, 1.165) is 6.08 Å². The molecule has 0 fully saturated rings. The molecule has 0 aliphatic heterocycles. The van der Waals surface area contributed by atoms with Crippen LogP contribution in [0.1, 0.15) is 34.6 Å². The van der Waals surface area contributed by atoms with E-state index in [4.69, 9.17) is 23.7 Å². The highest BCUT2D eigenvalue weighted by Crippen LogP contribution is 2.08. The summed E-state index contributed by atoms with van der Waals surface area (Å²) in [7, 11) is 0. The number of rotatable bonds is 10. The lowest BCUT2D eigenvalue weighted by Crippen LogP contribution is -2.30. The van der Waals surface area contributed by atoms with E-state index >= 15 is 0 Å². The summed E-state index contributed by atoms with van der Waals surface area (Å²) in [6, 6.07) is 0. The molecule has 4 atom stereocenters. The molecule has 0 amide bonds. The molecule has 0 rings (SSSR count). The Hall–Kier alpha value is -0.950. The van der Waals surface area contributed by atoms with E-state index in [0.29, 0.717) is 6.61 Å². The largest absolute Gasteiger partial charge is 0.433 e. The Morgan fingerprint density at radius 1 is 1.00 bits per heavy atom. The molecule has 0 N–H and O–H groups in total. The van der Waals surface area contributed by atoms with Crippen molar-refractivity contribution in [3.63, 3.8) is 0 Å². The maximum Gasteiger partial charge on any atom is 0.332 e. The number of carbonyl (C=O) groups excluding carboxylic acids is 1. The van der Waals surface area contributed by atoms with Crippen molar-refractivity contribution in [2.24, 2.45) is 0 Å². The Morgan fingerprint density at radius 2 is 1.47 bits per heavy atom. The molecule has 0 heterocycles. The fourth-order valence-electron chi connectivity index (χ4n) is 1.39. The van der Waals surface area contributed by atoms with Crippen LogP contribution in [0.15, 0.2) is 12.7 Å². The number of ether oxygens (including phenoxy) is 5. The van der Waals surface area contributed by atoms with Crippen molar-refractivity contribution < 1.29 is 28.5 Å². The second-order valence-corrected chi connectivity index (χ2v) is 3.78. The fourth-order valence-corrected chi connectivity index (χ4v) is 1.39. The van der Waals surface area contributed by atoms with Gasteiger partial charge in [-0.2, -0.15) is 0 Å². The number of hydrogen-bond acceptors (Lipinski definition) is 6. The molecule has 6 nitrogen and oxygen atoms in total. The van der Waals surface area contributed by atoms with E-state index in [2.05, 4.69) is 6.58 Å². The Labute approximate surface area is 114 Å². The Balaban J connectivity index is 3.92. The quantitative estimate of drug-likeness (QED) is 0.346. The second-order valence-electron chi connectivity index (χ2n) is 3.78. The van der Waals surface area contributed by atoms with E-state index < -0.39 is 24.8 Å². The molecule has 0 aromatic heterocycles. The van der Waals surface area contributed by atoms with Crippen LogP contribution in [0.2, 0.25) is 0 Å². The highest BCUT2D eigenvalue weighted by Gasteiger charge is 2.16. The summed E-state index contributed by atoms with van der Waals surface area (Å²) in [5.74, 6) is -0.547. The maximum atomic E-state index is 10.9. The van der Waals surface area contributed by atoms with Crippen LogP contribution in [0.4, 0.5) is 0 Å². The predicted molar refractivity (Wildman–Crippen MR) is 69.0 cm³/mol. The van der Waals surface area contributed by atoms with Crippen molar-refractivity contribution in [1.29, 1.82) is 0 Å². The van der Waals surface area contributed by atoms with Crippen molar-refractivity contribution in [2.45, 2.75) is 59.8 Å². The topological polar surface area (TPSA) is 63.2 Å². The van der Waals surface area contributed by atoms with Gasteiger partial charge >= 0.3 is 5.97 Å². The molecule has 0 saturated heterocycles. The molecule has 0 aliphatic rings. The number of esters is 1. The van der Waals surface area contributed by atoms with Crippen molar-refractivity contribution >= 4 is 5.97 Å². The van der Waals surface area contributed by atoms with Gasteiger partial charge in [0, 0.05) is 12.7 Å². The van der Waals surface area contributed by atoms with E-state index in [-0.39, 0.29) is 6.29 Å². The van der Waals surface area contributed by atoms with Gasteiger partial charge in [-0.1, -0.05) is 6.58 Å². The fraction of sp³-hybridized carbons (Fsp3) is 0.769. The summed E-state index contributed by atoms with van der Waals surface area (Å²) in [5, 5.41) is 0. The lowest BCUT2D eigenvalue weighted by atomic mass is 10.6. The normalized spacial score (nSPS) is 17.3. The lowest BCUT2D eigenvalue weighted by Gasteiger charge is -2.24. The molecular formula is C13H24O6. The van der Waals surface area contributed by atoms with Gasteiger partial charge in [-0.3, -0.25) is 0 Å². The molecule has 0 aliphatic carbocycles. The summed E-state index contributed by atoms with van der Waals surface area (Å²) in [4.78, 5) is 10.9. The molecule has 0 aromatic rings. The molecule has 112 valence electrons. The van der Waals surface area contributed by atoms with Gasteiger partial charge in [-0.15, -0.1) is 0 Å². The Kier molecular flexibility index (Phi) is 9.42. The van der Waals surface area contributed by atoms with Gasteiger partial charge < -0.3 is 23.7 Å². The number of carbonyl (C=O) groups is 1. The third kappa shape index (κ3) is 9.61. The van der Waals surface area contributed by atoms with E-state index in [1.807, 2.05) is 6.92 Å². The van der Waals surface area contributed by atoms with Crippen LogP contribution in [-0.4, -0.2) is 37.7 Å². The van der Waals surface area contributed by atoms with Crippen molar-refractivity contribution in [1.82, 2.24) is 0 Å². The number of hydrogen-bond donors (Lipinski definition) is 0. The zero-order valence-corrected chi connectivity index (χ0v) is 12.3. The molecule has 0 spiro atoms. The molecular weight excluding hydrogens is 252 g/mol. The van der Waals surface area contributed by atoms with E-state index in [9.17, 15) is 4.79 Å². The molecule has 0 aromatic carbocycles. The Morgan fingerprint density at radius 3 is 1.95 bits per heavy atom. The average molecular weight is 276 g/mol. The summed E-state index contributed by atoms with van der Waals surface area (Å²) in [6.45, 7) is 12.5. The first-order valence-electron chi connectivity index (χ1n) is 6.30. The highest BCUT2D eigenvalue weighted by atomic mass is 16.8. The minimum atomic E-state index is -0.725. The van der Waals surface area contributed by atoms with Crippen LogP contribution in [0.25, 0.3) is 0 Å². The van der Waals surface area contributed by atoms with Gasteiger partial charge in [0.15, 0.2) is 18.9 Å². The van der Waals surface area contributed by atoms with Gasteiger partial charge in [-0.25, -0.2) is 4.79 Å². The Bertz CT molecular complexity index is 268. The third-order valence-electron chi connectivity index (χ3n) is 2.00. The predicted octanol–water partition coefficient (Wildman–Crippen LogP) is 2.19. The third-order valence-corrected chi connectivity index (χ3v) is 2.00. The van der Waals surface area contributed by atoms with E-state index in [1.54, 1.807) is 27.7 Å². The highest BCUT2D eigenvalue weighted by molar-refractivity contribution is 5.81. The average Bonchev–Trinajstić information content (AvgIpc) is 2.27. The SMILES string of the molecule is C=CC(=O)OC(C)OC(C)OC(C)OC(C)OCC. The van der Waals surface area contributed by atoms with Gasteiger partial charge in [-0.05, 0) is 34.6 Å². The van der Waals surface area contributed by atoms with Gasteiger partial charge in [0.1, 0.15) is 0 Å². The summed E-state index contributed by atoms with van der Waals surface area (Å²) < 4.78 is 26.2. The van der Waals surface area contributed by atoms with Crippen LogP contribution in [-0.2, 0) is 28.5 Å². The lowest BCUT2D eigenvalue weighted by molar-refractivity contribution is -0.301. The van der Waals surface area contributed by atoms with E-state index in [1.165, 1.54) is 0 Å². The molecule has 19 heavy (non-hydrogen) atoms. The minimum absolute atomic E-state index is 0.358. The van der Waals surface area contributed by atoms with Crippen molar-refractivity contribution in [3.05, 3.63) is 12.7 Å². The molecule has 4 unspecified atom stereocenters. The summed E-state index contributed by atoms with van der Waals surface area (Å²) in [6.07, 6.45) is -1.10. The zero-order valence-electron chi connectivity index (χ0n) is 12.3. The first-order valence-corrected chi connectivity index (χ1v) is 6.30. The van der Waals surface area contributed by atoms with Crippen LogP contribution in [0.3, 0.4) is 0 Å². The maximum absolute atomic E-state index is 10.9. The summed E-state index contributed by atoms with van der Waals surface area (Å²) >= 11 is 0. The van der Waals surface area contributed by atoms with Gasteiger partial charge in [0.05, 0.1) is 0 Å². The summed E-state index contributed by atoms with van der Waals surface area (Å²) in [5.41, 5.74) is 0. The molecule has 0 radical (unpaired) electrons. The second kappa shape index (κ2) is 9.91. The molecule has 6 heteroatoms. The van der Waals surface area contributed by atoms with Crippen LogP contribution in [0, 0.1) is 0 Å². The minimum Gasteiger partial charge on any atom is -0.433 e. The van der Waals surface area contributed by atoms with Crippen LogP contribution < -0.4 is 0 Å². The smallest absolute Gasteiger partial charge is 0.332 e. The van der Waals surface area contributed by atoms with Gasteiger partial charge in [0.2, 0.25) is 6.29 Å². The monoisotopic (exact) mass is 276 g/mol. The molecule has 0 saturated carbocycles. The standard InChI is InChI=1S/C13H24O6/c1-7-13(14)19-12(6)18-11(5)17-10(4)16-9(3)15-8-2/h7,9-12H,1,8H2,2-6H3. The van der Waals surface area contributed by atoms with Crippen molar-refractivity contribution in [3.8, 4) is 0 Å².